The molecule has 0 atom stereocenters. The van der Waals surface area contributed by atoms with Gasteiger partial charge in [0.15, 0.2) is 0 Å². The van der Waals surface area contributed by atoms with Gasteiger partial charge in [0.05, 0.1) is 6.54 Å². The van der Waals surface area contributed by atoms with E-state index < -0.39 is 0 Å². The number of benzene rings is 2. The zero-order valence-corrected chi connectivity index (χ0v) is 15.6. The van der Waals surface area contributed by atoms with E-state index >= 15 is 0 Å². The summed E-state index contributed by atoms with van der Waals surface area (Å²) in [5.74, 6) is 6.37. The topological polar surface area (TPSA) is 43.3 Å². The van der Waals surface area contributed by atoms with Crippen LogP contribution in [0.2, 0.25) is 0 Å². The molecule has 3 rings (SSSR count). The molecule has 1 N–H and O–H groups in total. The second kappa shape index (κ2) is 8.93. The molecule has 0 aliphatic carbocycles. The van der Waals surface area contributed by atoms with E-state index in [9.17, 15) is 4.79 Å². The Bertz CT molecular complexity index is 923. The number of carbonyl (C=O) groups excluding carboxylic acids is 1. The molecular formula is C21H17BrN2O2. The van der Waals surface area contributed by atoms with Crippen molar-refractivity contribution in [3.8, 4) is 23.3 Å². The first-order valence-corrected chi connectivity index (χ1v) is 8.87. The molecule has 4 nitrogen and oxygen atoms in total. The van der Waals surface area contributed by atoms with Gasteiger partial charge in [0, 0.05) is 28.1 Å². The number of aromatic nitrogens is 1. The van der Waals surface area contributed by atoms with Gasteiger partial charge in [0.25, 0.3) is 5.91 Å². The summed E-state index contributed by atoms with van der Waals surface area (Å²) in [6.07, 6.45) is 3.92. The van der Waals surface area contributed by atoms with Gasteiger partial charge in [0.2, 0.25) is 0 Å². The number of hydrogen-bond acceptors (Lipinski definition) is 2. The van der Waals surface area contributed by atoms with Gasteiger partial charge in [-0.2, -0.15) is 0 Å². The van der Waals surface area contributed by atoms with Crippen LogP contribution in [0.25, 0.3) is 5.69 Å². The minimum absolute atomic E-state index is 0.147. The average Bonchev–Trinajstić information content (AvgIpc) is 3.19. The highest BCUT2D eigenvalue weighted by molar-refractivity contribution is 9.10. The fraction of sp³-hybridized carbons (Fsp3) is 0.0952. The predicted molar refractivity (Wildman–Crippen MR) is 106 cm³/mol. The minimum atomic E-state index is -0.147. The maximum atomic E-state index is 12.1. The summed E-state index contributed by atoms with van der Waals surface area (Å²) in [5.41, 5.74) is 1.61. The van der Waals surface area contributed by atoms with Crippen molar-refractivity contribution in [1.29, 1.82) is 0 Å². The van der Waals surface area contributed by atoms with Crippen LogP contribution in [0, 0.1) is 11.8 Å². The molecule has 130 valence electrons. The Hall–Kier alpha value is -2.97. The number of hydrogen-bond donors (Lipinski definition) is 1. The lowest BCUT2D eigenvalue weighted by Gasteiger charge is -2.05. The molecule has 0 bridgehead atoms. The zero-order valence-electron chi connectivity index (χ0n) is 14.0. The average molecular weight is 409 g/mol. The Morgan fingerprint density at radius 2 is 1.81 bits per heavy atom. The lowest BCUT2D eigenvalue weighted by atomic mass is 10.2. The summed E-state index contributed by atoms with van der Waals surface area (Å²) < 4.78 is 8.45. The van der Waals surface area contributed by atoms with Crippen LogP contribution in [-0.4, -0.2) is 23.6 Å². The SMILES string of the molecule is O=C(NCC#CCOc1cccc(Br)c1)c1ccc(-n2cccc2)cc1. The number of carbonyl (C=O) groups is 1. The van der Waals surface area contributed by atoms with Crippen LogP contribution in [0.4, 0.5) is 0 Å². The van der Waals surface area contributed by atoms with Crippen molar-refractivity contribution in [2.24, 2.45) is 0 Å². The lowest BCUT2D eigenvalue weighted by molar-refractivity contribution is 0.0958. The van der Waals surface area contributed by atoms with Crippen molar-refractivity contribution in [3.63, 3.8) is 0 Å². The summed E-state index contributed by atoms with van der Waals surface area (Å²) in [6, 6.07) is 18.9. The molecule has 0 saturated carbocycles. The number of nitrogens with one attached hydrogen (secondary N) is 1. The van der Waals surface area contributed by atoms with E-state index in [0.29, 0.717) is 5.56 Å². The molecule has 3 aromatic rings. The Labute approximate surface area is 160 Å². The third kappa shape index (κ3) is 5.01. The van der Waals surface area contributed by atoms with E-state index in [1.807, 2.05) is 65.5 Å². The van der Waals surface area contributed by atoms with E-state index in [1.54, 1.807) is 12.1 Å². The number of rotatable bonds is 5. The van der Waals surface area contributed by atoms with Crippen LogP contribution in [-0.2, 0) is 0 Å². The van der Waals surface area contributed by atoms with Crippen molar-refractivity contribution in [3.05, 3.63) is 83.1 Å². The predicted octanol–water partition coefficient (Wildman–Crippen LogP) is 4.05. The second-order valence-electron chi connectivity index (χ2n) is 5.42. The molecule has 0 fully saturated rings. The molecule has 26 heavy (non-hydrogen) atoms. The van der Waals surface area contributed by atoms with Crippen LogP contribution in [0.3, 0.4) is 0 Å². The minimum Gasteiger partial charge on any atom is -0.481 e. The Morgan fingerprint density at radius 3 is 2.54 bits per heavy atom. The Balaban J connectivity index is 1.44. The van der Waals surface area contributed by atoms with Crippen molar-refractivity contribution in [2.75, 3.05) is 13.2 Å². The molecule has 0 saturated heterocycles. The number of halogens is 1. The van der Waals surface area contributed by atoms with Gasteiger partial charge in [-0.25, -0.2) is 0 Å². The van der Waals surface area contributed by atoms with Gasteiger partial charge in [-0.3, -0.25) is 4.79 Å². The second-order valence-corrected chi connectivity index (χ2v) is 6.34. The maximum absolute atomic E-state index is 12.1. The lowest BCUT2D eigenvalue weighted by Crippen LogP contribution is -2.23. The molecule has 0 spiro atoms. The fourth-order valence-electron chi connectivity index (χ4n) is 2.31. The van der Waals surface area contributed by atoms with Crippen molar-refractivity contribution in [1.82, 2.24) is 9.88 Å². The van der Waals surface area contributed by atoms with E-state index in [2.05, 4.69) is 33.1 Å². The third-order valence-corrected chi connectivity index (χ3v) is 4.09. The first-order valence-electron chi connectivity index (χ1n) is 8.08. The van der Waals surface area contributed by atoms with Gasteiger partial charge < -0.3 is 14.6 Å². The number of nitrogens with zero attached hydrogens (tertiary/aromatic N) is 1. The van der Waals surface area contributed by atoms with Gasteiger partial charge in [-0.1, -0.05) is 33.8 Å². The van der Waals surface area contributed by atoms with Crippen LogP contribution in [0.15, 0.2) is 77.5 Å². The molecule has 0 aliphatic rings. The van der Waals surface area contributed by atoms with Gasteiger partial charge in [-0.15, -0.1) is 0 Å². The molecule has 0 radical (unpaired) electrons. The summed E-state index contributed by atoms with van der Waals surface area (Å²) in [5, 5.41) is 2.78. The fourth-order valence-corrected chi connectivity index (χ4v) is 2.69. The highest BCUT2D eigenvalue weighted by Gasteiger charge is 2.04. The monoisotopic (exact) mass is 408 g/mol. The van der Waals surface area contributed by atoms with Gasteiger partial charge >= 0.3 is 0 Å². The molecule has 1 amide bonds. The number of amides is 1. The first-order chi connectivity index (χ1) is 12.7. The van der Waals surface area contributed by atoms with Crippen LogP contribution >= 0.6 is 15.9 Å². The van der Waals surface area contributed by atoms with Crippen LogP contribution < -0.4 is 10.1 Å². The van der Waals surface area contributed by atoms with E-state index in [0.717, 1.165) is 15.9 Å². The molecule has 2 aromatic carbocycles. The summed E-state index contributed by atoms with van der Waals surface area (Å²) in [7, 11) is 0. The van der Waals surface area contributed by atoms with E-state index in [1.165, 1.54) is 0 Å². The van der Waals surface area contributed by atoms with Crippen molar-refractivity contribution >= 4 is 21.8 Å². The number of ether oxygens (including phenoxy) is 1. The molecule has 1 aromatic heterocycles. The standard InChI is InChI=1S/C21H17BrN2O2/c22-18-6-5-7-20(16-18)26-15-4-1-12-23-21(25)17-8-10-19(11-9-17)24-13-2-3-14-24/h2-3,5-11,13-14,16H,12,15H2,(H,23,25). The highest BCUT2D eigenvalue weighted by Crippen LogP contribution is 2.17. The van der Waals surface area contributed by atoms with Crippen molar-refractivity contribution < 1.29 is 9.53 Å². The largest absolute Gasteiger partial charge is 0.481 e. The normalized spacial score (nSPS) is 9.88. The smallest absolute Gasteiger partial charge is 0.252 e. The molecule has 0 aliphatic heterocycles. The third-order valence-electron chi connectivity index (χ3n) is 3.60. The van der Waals surface area contributed by atoms with Crippen molar-refractivity contribution in [2.45, 2.75) is 0 Å². The zero-order chi connectivity index (χ0) is 18.2. The van der Waals surface area contributed by atoms with Gasteiger partial charge in [-0.05, 0) is 54.6 Å². The summed E-state index contributed by atoms with van der Waals surface area (Å²) in [4.78, 5) is 12.1. The quantitative estimate of drug-likeness (QED) is 0.647. The molecule has 5 heteroatoms. The summed E-state index contributed by atoms with van der Waals surface area (Å²) in [6.45, 7) is 0.553. The molecular weight excluding hydrogens is 392 g/mol. The highest BCUT2D eigenvalue weighted by atomic mass is 79.9. The Morgan fingerprint density at radius 1 is 1.04 bits per heavy atom. The maximum Gasteiger partial charge on any atom is 0.252 e. The Kier molecular flexibility index (Phi) is 6.13. The van der Waals surface area contributed by atoms with Crippen LogP contribution in [0.5, 0.6) is 5.75 Å². The molecule has 0 unspecified atom stereocenters. The van der Waals surface area contributed by atoms with E-state index in [-0.39, 0.29) is 19.1 Å². The molecule has 1 heterocycles. The summed E-state index contributed by atoms with van der Waals surface area (Å²) >= 11 is 3.38. The first kappa shape index (κ1) is 17.8. The van der Waals surface area contributed by atoms with Crippen LogP contribution in [0.1, 0.15) is 10.4 Å². The van der Waals surface area contributed by atoms with E-state index in [4.69, 9.17) is 4.74 Å². The van der Waals surface area contributed by atoms with Gasteiger partial charge in [0.1, 0.15) is 12.4 Å².